The maximum atomic E-state index is 12.7. The molecule has 3 aromatic rings. The van der Waals surface area contributed by atoms with E-state index in [0.29, 0.717) is 6.54 Å². The first-order valence-electron chi connectivity index (χ1n) is 9.49. The fourth-order valence-electron chi connectivity index (χ4n) is 3.78. The number of carbonyl (C=O) groups is 1. The first-order chi connectivity index (χ1) is 14.1. The van der Waals surface area contributed by atoms with E-state index in [1.54, 1.807) is 23.5 Å². The third kappa shape index (κ3) is 4.21. The number of benzene rings is 2. The van der Waals surface area contributed by atoms with E-state index in [-0.39, 0.29) is 17.3 Å². The van der Waals surface area contributed by atoms with Gasteiger partial charge in [0.05, 0.1) is 11.0 Å². The second-order valence-electron chi connectivity index (χ2n) is 7.00. The second-order valence-corrected chi connectivity index (χ2v) is 8.00. The maximum absolute atomic E-state index is 12.7. The topological polar surface area (TPSA) is 75.5 Å². The molecule has 0 saturated carbocycles. The number of carbonyl (C=O) groups excluding carboxylic acids is 1. The molecular weight excluding hydrogens is 386 g/mol. The lowest BCUT2D eigenvalue weighted by Crippen LogP contribution is -2.40. The molecule has 0 fully saturated rings. The van der Waals surface area contributed by atoms with Crippen molar-refractivity contribution in [2.75, 3.05) is 13.1 Å². The minimum atomic E-state index is -0.522. The fourth-order valence-corrected chi connectivity index (χ4v) is 4.67. The molecule has 1 amide bonds. The van der Waals surface area contributed by atoms with E-state index in [1.807, 2.05) is 18.2 Å². The van der Waals surface area contributed by atoms with Crippen molar-refractivity contribution >= 4 is 22.9 Å². The van der Waals surface area contributed by atoms with E-state index in [9.17, 15) is 14.9 Å². The molecule has 1 atom stereocenters. The summed E-state index contributed by atoms with van der Waals surface area (Å²) in [5, 5.41) is 16.3. The lowest BCUT2D eigenvalue weighted by Gasteiger charge is -2.35. The smallest absolute Gasteiger partial charge is 0.282 e. The molecule has 6 nitrogen and oxygen atoms in total. The Hall–Kier alpha value is -3.03. The Labute approximate surface area is 172 Å². The average molecular weight is 407 g/mol. The van der Waals surface area contributed by atoms with Crippen molar-refractivity contribution in [3.63, 3.8) is 0 Å². The van der Waals surface area contributed by atoms with E-state index in [2.05, 4.69) is 33.8 Å². The Morgan fingerprint density at radius 3 is 2.69 bits per heavy atom. The summed E-state index contributed by atoms with van der Waals surface area (Å²) in [6, 6.07) is 18.3. The summed E-state index contributed by atoms with van der Waals surface area (Å²) in [7, 11) is 0. The van der Waals surface area contributed by atoms with E-state index in [0.717, 1.165) is 25.1 Å². The first-order valence-corrected chi connectivity index (χ1v) is 10.4. The van der Waals surface area contributed by atoms with Crippen molar-refractivity contribution in [1.82, 2.24) is 10.2 Å². The maximum Gasteiger partial charge on any atom is 0.282 e. The predicted octanol–water partition coefficient (Wildman–Crippen LogP) is 4.19. The Kier molecular flexibility index (Phi) is 5.69. The van der Waals surface area contributed by atoms with Crippen LogP contribution in [0.4, 0.5) is 5.69 Å². The quantitative estimate of drug-likeness (QED) is 0.491. The third-order valence-electron chi connectivity index (χ3n) is 5.26. The molecule has 4 rings (SSSR count). The molecule has 0 spiro atoms. The summed E-state index contributed by atoms with van der Waals surface area (Å²) < 4.78 is 0. The minimum Gasteiger partial charge on any atom is -0.350 e. The van der Waals surface area contributed by atoms with Gasteiger partial charge >= 0.3 is 0 Å². The van der Waals surface area contributed by atoms with Crippen molar-refractivity contribution < 1.29 is 9.72 Å². The van der Waals surface area contributed by atoms with Gasteiger partial charge in [0.2, 0.25) is 0 Å². The molecule has 0 radical (unpaired) electrons. The molecule has 1 aliphatic rings. The van der Waals surface area contributed by atoms with Crippen LogP contribution in [0.5, 0.6) is 0 Å². The van der Waals surface area contributed by atoms with E-state index in [4.69, 9.17) is 0 Å². The van der Waals surface area contributed by atoms with Crippen molar-refractivity contribution in [1.29, 1.82) is 0 Å². The predicted molar refractivity (Wildman–Crippen MR) is 113 cm³/mol. The summed E-state index contributed by atoms with van der Waals surface area (Å²) in [6.45, 7) is 2.13. The van der Waals surface area contributed by atoms with Gasteiger partial charge in [0.1, 0.15) is 5.56 Å². The molecule has 148 valence electrons. The molecule has 0 aliphatic carbocycles. The van der Waals surface area contributed by atoms with Crippen LogP contribution in [-0.4, -0.2) is 28.8 Å². The summed E-state index contributed by atoms with van der Waals surface area (Å²) in [5.74, 6) is -0.425. The summed E-state index contributed by atoms with van der Waals surface area (Å²) in [6.07, 6.45) is 0.994. The van der Waals surface area contributed by atoms with Crippen LogP contribution < -0.4 is 5.32 Å². The molecule has 0 saturated heterocycles. The number of nitro groups is 1. The number of hydrogen-bond donors (Lipinski definition) is 1. The van der Waals surface area contributed by atoms with Gasteiger partial charge in [-0.1, -0.05) is 42.5 Å². The minimum absolute atomic E-state index is 0.00373. The number of nitro benzene ring substituents is 1. The first kappa shape index (κ1) is 19.3. The highest BCUT2D eigenvalue weighted by Gasteiger charge is 2.27. The molecule has 1 aliphatic heterocycles. The van der Waals surface area contributed by atoms with Gasteiger partial charge in [-0.3, -0.25) is 19.8 Å². The van der Waals surface area contributed by atoms with Crippen molar-refractivity contribution in [2.24, 2.45) is 0 Å². The number of para-hydroxylation sites is 1. The third-order valence-corrected chi connectivity index (χ3v) is 6.29. The molecule has 7 heteroatoms. The summed E-state index contributed by atoms with van der Waals surface area (Å²) in [4.78, 5) is 27.2. The molecule has 2 aromatic carbocycles. The van der Waals surface area contributed by atoms with Crippen molar-refractivity contribution in [3.05, 3.63) is 97.7 Å². The number of nitrogens with one attached hydrogen (secondary N) is 1. The van der Waals surface area contributed by atoms with Crippen LogP contribution in [0.15, 0.2) is 66.0 Å². The molecular formula is C22H21N3O3S. The van der Waals surface area contributed by atoms with Gasteiger partial charge in [-0.05, 0) is 35.1 Å². The van der Waals surface area contributed by atoms with Crippen LogP contribution in [0.2, 0.25) is 0 Å². The van der Waals surface area contributed by atoms with Gasteiger partial charge in [0.25, 0.3) is 11.6 Å². The van der Waals surface area contributed by atoms with Gasteiger partial charge in [-0.25, -0.2) is 0 Å². The van der Waals surface area contributed by atoms with Crippen LogP contribution in [0, 0.1) is 10.1 Å². The molecule has 0 bridgehead atoms. The number of fused-ring (bicyclic) bond motifs is 1. The summed E-state index contributed by atoms with van der Waals surface area (Å²) >= 11 is 1.79. The SMILES string of the molecule is O=C(NCC(c1ccccc1)N1CCc2sccc2C1)c1ccccc1[N+](=O)[O-]. The van der Waals surface area contributed by atoms with E-state index < -0.39 is 10.8 Å². The Bertz CT molecular complexity index is 1020. The lowest BCUT2D eigenvalue weighted by atomic mass is 10.0. The molecule has 1 unspecified atom stereocenters. The zero-order chi connectivity index (χ0) is 20.2. The lowest BCUT2D eigenvalue weighted by molar-refractivity contribution is -0.385. The standard InChI is InChI=1S/C22H21N3O3S/c26-22(18-8-4-5-9-19(18)25(27)28)23-14-20(16-6-2-1-3-7-16)24-12-10-21-17(15-24)11-13-29-21/h1-9,11,13,20H,10,12,14-15H2,(H,23,26). The van der Waals surface area contributed by atoms with Crippen molar-refractivity contribution in [2.45, 2.75) is 19.0 Å². The number of nitrogens with zero attached hydrogens (tertiary/aromatic N) is 2. The van der Waals surface area contributed by atoms with Crippen LogP contribution in [0.3, 0.4) is 0 Å². The van der Waals surface area contributed by atoms with Gasteiger partial charge in [0, 0.05) is 30.6 Å². The van der Waals surface area contributed by atoms with Gasteiger partial charge in [0.15, 0.2) is 0 Å². The van der Waals surface area contributed by atoms with E-state index in [1.165, 1.54) is 22.6 Å². The Balaban J connectivity index is 1.54. The highest BCUT2D eigenvalue weighted by atomic mass is 32.1. The Morgan fingerprint density at radius 2 is 1.90 bits per heavy atom. The van der Waals surface area contributed by atoms with Crippen LogP contribution in [0.25, 0.3) is 0 Å². The summed E-state index contributed by atoms with van der Waals surface area (Å²) in [5.41, 5.74) is 2.37. The average Bonchev–Trinajstić information content (AvgIpc) is 3.22. The normalized spacial score (nSPS) is 14.8. The van der Waals surface area contributed by atoms with Gasteiger partial charge < -0.3 is 5.32 Å². The zero-order valence-corrected chi connectivity index (χ0v) is 16.6. The van der Waals surface area contributed by atoms with Crippen LogP contribution in [0.1, 0.15) is 32.4 Å². The number of rotatable bonds is 6. The van der Waals surface area contributed by atoms with Crippen LogP contribution >= 0.6 is 11.3 Å². The molecule has 1 aromatic heterocycles. The van der Waals surface area contributed by atoms with Crippen molar-refractivity contribution in [3.8, 4) is 0 Å². The monoisotopic (exact) mass is 407 g/mol. The largest absolute Gasteiger partial charge is 0.350 e. The fraction of sp³-hybridized carbons (Fsp3) is 0.227. The second kappa shape index (κ2) is 8.55. The molecule has 2 heterocycles. The number of hydrogen-bond acceptors (Lipinski definition) is 5. The van der Waals surface area contributed by atoms with Crippen LogP contribution in [-0.2, 0) is 13.0 Å². The van der Waals surface area contributed by atoms with Gasteiger partial charge in [-0.2, -0.15) is 0 Å². The number of amides is 1. The number of thiophene rings is 1. The highest BCUT2D eigenvalue weighted by Crippen LogP contribution is 2.30. The van der Waals surface area contributed by atoms with Gasteiger partial charge in [-0.15, -0.1) is 11.3 Å². The molecule has 29 heavy (non-hydrogen) atoms. The molecule has 1 N–H and O–H groups in total. The van der Waals surface area contributed by atoms with E-state index >= 15 is 0 Å². The Morgan fingerprint density at radius 1 is 1.14 bits per heavy atom. The highest BCUT2D eigenvalue weighted by molar-refractivity contribution is 7.10. The zero-order valence-electron chi connectivity index (χ0n) is 15.8.